The van der Waals surface area contributed by atoms with E-state index in [1.807, 2.05) is 13.8 Å². The average Bonchev–Trinajstić information content (AvgIpc) is 2.79. The van der Waals surface area contributed by atoms with Gasteiger partial charge in [-0.15, -0.1) is 0 Å². The lowest BCUT2D eigenvalue weighted by Gasteiger charge is -2.28. The fraction of sp³-hybridized carbons (Fsp3) is 0.438. The minimum atomic E-state index is -0.621. The van der Waals surface area contributed by atoms with Crippen molar-refractivity contribution in [2.45, 2.75) is 38.6 Å². The van der Waals surface area contributed by atoms with Crippen molar-refractivity contribution >= 4 is 17.5 Å². The molecule has 0 aliphatic heterocycles. The molecule has 0 spiro atoms. The first-order chi connectivity index (χ1) is 9.38. The first-order valence-corrected chi connectivity index (χ1v) is 7.19. The SMILES string of the molecule is CC(C)(NC(=O)CC1C=CCC1)c1ccc(F)cc1Cl. The Balaban J connectivity index is 2.05. The van der Waals surface area contributed by atoms with Gasteiger partial charge < -0.3 is 5.32 Å². The number of benzene rings is 1. The van der Waals surface area contributed by atoms with Crippen LogP contribution in [0.25, 0.3) is 0 Å². The predicted molar refractivity (Wildman–Crippen MR) is 79.1 cm³/mol. The van der Waals surface area contributed by atoms with Crippen LogP contribution in [0, 0.1) is 11.7 Å². The fourth-order valence-electron chi connectivity index (χ4n) is 2.57. The minimum absolute atomic E-state index is 0.00746. The highest BCUT2D eigenvalue weighted by molar-refractivity contribution is 6.31. The summed E-state index contributed by atoms with van der Waals surface area (Å²) in [6, 6.07) is 4.24. The Bertz CT molecular complexity index is 539. The van der Waals surface area contributed by atoms with Crippen molar-refractivity contribution in [2.75, 3.05) is 0 Å². The van der Waals surface area contributed by atoms with Crippen molar-refractivity contribution in [1.82, 2.24) is 5.32 Å². The maximum Gasteiger partial charge on any atom is 0.221 e. The number of carbonyl (C=O) groups is 1. The van der Waals surface area contributed by atoms with Crippen LogP contribution in [0.3, 0.4) is 0 Å². The van der Waals surface area contributed by atoms with Crippen LogP contribution >= 0.6 is 11.6 Å². The third kappa shape index (κ3) is 3.60. The number of hydrogen-bond donors (Lipinski definition) is 1. The van der Waals surface area contributed by atoms with Crippen LogP contribution in [-0.2, 0) is 10.3 Å². The Morgan fingerprint density at radius 1 is 1.50 bits per heavy atom. The van der Waals surface area contributed by atoms with Crippen LogP contribution in [0.1, 0.15) is 38.7 Å². The maximum atomic E-state index is 13.1. The smallest absolute Gasteiger partial charge is 0.221 e. The van der Waals surface area contributed by atoms with E-state index in [0.29, 0.717) is 17.4 Å². The zero-order chi connectivity index (χ0) is 14.8. The van der Waals surface area contributed by atoms with Crippen molar-refractivity contribution < 1.29 is 9.18 Å². The maximum absolute atomic E-state index is 13.1. The second-order valence-electron chi connectivity index (χ2n) is 5.77. The van der Waals surface area contributed by atoms with E-state index in [1.54, 1.807) is 6.07 Å². The second kappa shape index (κ2) is 5.96. The summed E-state index contributed by atoms with van der Waals surface area (Å²) >= 11 is 6.07. The molecule has 0 fully saturated rings. The molecule has 1 aliphatic rings. The van der Waals surface area contributed by atoms with Crippen LogP contribution < -0.4 is 5.32 Å². The fourth-order valence-corrected chi connectivity index (χ4v) is 2.97. The van der Waals surface area contributed by atoms with Crippen LogP contribution in [-0.4, -0.2) is 5.91 Å². The van der Waals surface area contributed by atoms with E-state index in [2.05, 4.69) is 17.5 Å². The lowest BCUT2D eigenvalue weighted by molar-refractivity contribution is -0.123. The molecule has 4 heteroatoms. The van der Waals surface area contributed by atoms with Crippen LogP contribution in [0.2, 0.25) is 5.02 Å². The number of hydrogen-bond acceptors (Lipinski definition) is 1. The van der Waals surface area contributed by atoms with Crippen molar-refractivity contribution in [3.63, 3.8) is 0 Å². The van der Waals surface area contributed by atoms with Gasteiger partial charge in [0.15, 0.2) is 0 Å². The first kappa shape index (κ1) is 15.0. The summed E-state index contributed by atoms with van der Waals surface area (Å²) in [5.74, 6) is -0.0570. The molecule has 0 aromatic heterocycles. The number of amides is 1. The molecule has 108 valence electrons. The van der Waals surface area contributed by atoms with E-state index in [-0.39, 0.29) is 11.7 Å². The van der Waals surface area contributed by atoms with Gasteiger partial charge in [-0.2, -0.15) is 0 Å². The summed E-state index contributed by atoms with van der Waals surface area (Å²) in [5.41, 5.74) is 0.0976. The summed E-state index contributed by atoms with van der Waals surface area (Å²) in [6.07, 6.45) is 6.77. The van der Waals surface area contributed by atoms with E-state index in [0.717, 1.165) is 18.4 Å². The van der Waals surface area contributed by atoms with Crippen LogP contribution in [0.5, 0.6) is 0 Å². The van der Waals surface area contributed by atoms with E-state index in [4.69, 9.17) is 11.6 Å². The molecule has 0 saturated heterocycles. The normalized spacial score (nSPS) is 18.3. The zero-order valence-corrected chi connectivity index (χ0v) is 12.5. The van der Waals surface area contributed by atoms with Gasteiger partial charge in [-0.05, 0) is 50.3 Å². The average molecular weight is 296 g/mol. The lowest BCUT2D eigenvalue weighted by Crippen LogP contribution is -2.41. The highest BCUT2D eigenvalue weighted by atomic mass is 35.5. The standard InChI is InChI=1S/C16H19ClFNO/c1-16(2,13-8-7-12(18)10-14(13)17)19-15(20)9-11-5-3-4-6-11/h3,5,7-8,10-11H,4,6,9H2,1-2H3,(H,19,20). The summed E-state index contributed by atoms with van der Waals surface area (Å²) in [5, 5.41) is 3.31. The quantitative estimate of drug-likeness (QED) is 0.829. The van der Waals surface area contributed by atoms with Gasteiger partial charge in [-0.25, -0.2) is 4.39 Å². The largest absolute Gasteiger partial charge is 0.347 e. The summed E-state index contributed by atoms with van der Waals surface area (Å²) in [7, 11) is 0. The molecule has 0 bridgehead atoms. The number of rotatable bonds is 4. The molecule has 0 saturated carbocycles. The molecule has 20 heavy (non-hydrogen) atoms. The number of nitrogens with one attached hydrogen (secondary N) is 1. The van der Waals surface area contributed by atoms with Gasteiger partial charge in [0, 0.05) is 11.4 Å². The summed E-state index contributed by atoms with van der Waals surface area (Å²) in [4.78, 5) is 12.1. The van der Waals surface area contributed by atoms with Gasteiger partial charge in [0.2, 0.25) is 5.91 Å². The molecule has 1 unspecified atom stereocenters. The summed E-state index contributed by atoms with van der Waals surface area (Å²) < 4.78 is 13.1. The molecular weight excluding hydrogens is 277 g/mol. The number of halogens is 2. The third-order valence-corrected chi connectivity index (χ3v) is 3.93. The Kier molecular flexibility index (Phi) is 4.48. The molecule has 1 N–H and O–H groups in total. The molecule has 1 aliphatic carbocycles. The molecule has 0 heterocycles. The van der Waals surface area contributed by atoms with Crippen molar-refractivity contribution in [1.29, 1.82) is 0 Å². The van der Waals surface area contributed by atoms with Gasteiger partial charge in [0.25, 0.3) is 0 Å². The molecule has 1 aromatic rings. The van der Waals surface area contributed by atoms with Gasteiger partial charge in [0.05, 0.1) is 5.54 Å². The molecule has 2 nitrogen and oxygen atoms in total. The van der Waals surface area contributed by atoms with E-state index < -0.39 is 5.54 Å². The van der Waals surface area contributed by atoms with E-state index >= 15 is 0 Å². The van der Waals surface area contributed by atoms with Gasteiger partial charge in [-0.3, -0.25) is 4.79 Å². The van der Waals surface area contributed by atoms with Gasteiger partial charge in [-0.1, -0.05) is 29.8 Å². The zero-order valence-electron chi connectivity index (χ0n) is 11.7. The number of allylic oxidation sites excluding steroid dienone is 2. The van der Waals surface area contributed by atoms with Crippen molar-refractivity contribution in [3.05, 3.63) is 46.8 Å². The molecule has 1 aromatic carbocycles. The second-order valence-corrected chi connectivity index (χ2v) is 6.17. The Labute approximate surface area is 124 Å². The Morgan fingerprint density at radius 3 is 2.85 bits per heavy atom. The van der Waals surface area contributed by atoms with Gasteiger partial charge in [0.1, 0.15) is 5.82 Å². The predicted octanol–water partition coefficient (Wildman–Crippen LogP) is 4.19. The minimum Gasteiger partial charge on any atom is -0.347 e. The molecule has 1 atom stereocenters. The topological polar surface area (TPSA) is 29.1 Å². The van der Waals surface area contributed by atoms with Crippen LogP contribution in [0.4, 0.5) is 4.39 Å². The molecular formula is C16H19ClFNO. The third-order valence-electron chi connectivity index (χ3n) is 3.62. The first-order valence-electron chi connectivity index (χ1n) is 6.82. The monoisotopic (exact) mass is 295 g/mol. The highest BCUT2D eigenvalue weighted by Gasteiger charge is 2.26. The molecule has 2 rings (SSSR count). The molecule has 0 radical (unpaired) electrons. The number of carbonyl (C=O) groups excluding carboxylic acids is 1. The Hall–Kier alpha value is -1.35. The summed E-state index contributed by atoms with van der Waals surface area (Å²) in [6.45, 7) is 3.74. The van der Waals surface area contributed by atoms with Crippen LogP contribution in [0.15, 0.2) is 30.4 Å². The lowest BCUT2D eigenvalue weighted by atomic mass is 9.93. The van der Waals surface area contributed by atoms with Crippen molar-refractivity contribution in [2.24, 2.45) is 5.92 Å². The Morgan fingerprint density at radius 2 is 2.25 bits per heavy atom. The van der Waals surface area contributed by atoms with Gasteiger partial charge >= 0.3 is 0 Å². The van der Waals surface area contributed by atoms with E-state index in [9.17, 15) is 9.18 Å². The molecule has 1 amide bonds. The van der Waals surface area contributed by atoms with E-state index in [1.165, 1.54) is 12.1 Å². The highest BCUT2D eigenvalue weighted by Crippen LogP contribution is 2.29. The van der Waals surface area contributed by atoms with Crippen molar-refractivity contribution in [3.8, 4) is 0 Å².